The number of unbranched alkanes of at least 4 members (excludes halogenated alkanes) is 3. The molecule has 2 aliphatic carbocycles. The molecular formula is C23H37NO2. The minimum Gasteiger partial charge on any atom is -0.392 e. The van der Waals surface area contributed by atoms with Gasteiger partial charge in [-0.2, -0.15) is 0 Å². The van der Waals surface area contributed by atoms with Crippen molar-refractivity contribution in [1.29, 1.82) is 0 Å². The van der Waals surface area contributed by atoms with Crippen molar-refractivity contribution in [3.05, 3.63) is 23.8 Å². The van der Waals surface area contributed by atoms with Gasteiger partial charge in [0.25, 0.3) is 0 Å². The SMILES string of the molecule is CC#CC[C@H](C)[C@H](O)/C=C/[C@@H]1[C@H]2C/C(=C/CCCCCN)C[C@H]2C[C@H]1O. The summed E-state index contributed by atoms with van der Waals surface area (Å²) in [5.74, 6) is 7.37. The Morgan fingerprint density at radius 3 is 2.81 bits per heavy atom. The second-order valence-electron chi connectivity index (χ2n) is 8.20. The molecular weight excluding hydrogens is 322 g/mol. The Balaban J connectivity index is 1.87. The minimum absolute atomic E-state index is 0.126. The van der Waals surface area contributed by atoms with Gasteiger partial charge < -0.3 is 15.9 Å². The Morgan fingerprint density at radius 2 is 2.08 bits per heavy atom. The van der Waals surface area contributed by atoms with Crippen LogP contribution in [0.15, 0.2) is 23.8 Å². The van der Waals surface area contributed by atoms with E-state index in [1.165, 1.54) is 12.8 Å². The Morgan fingerprint density at radius 1 is 1.27 bits per heavy atom. The monoisotopic (exact) mass is 359 g/mol. The van der Waals surface area contributed by atoms with Crippen molar-refractivity contribution in [3.8, 4) is 11.8 Å². The van der Waals surface area contributed by atoms with Crippen LogP contribution in [-0.4, -0.2) is 29.0 Å². The van der Waals surface area contributed by atoms with E-state index in [1.54, 1.807) is 5.57 Å². The lowest BCUT2D eigenvalue weighted by Gasteiger charge is -2.19. The second-order valence-corrected chi connectivity index (χ2v) is 8.20. The maximum atomic E-state index is 10.5. The Hall–Kier alpha value is -1.08. The van der Waals surface area contributed by atoms with Gasteiger partial charge in [-0.3, -0.25) is 0 Å². The first kappa shape index (κ1) is 21.2. The molecule has 3 heteroatoms. The molecule has 2 saturated carbocycles. The smallest absolute Gasteiger partial charge is 0.0755 e. The number of rotatable bonds is 9. The van der Waals surface area contributed by atoms with Crippen LogP contribution < -0.4 is 5.73 Å². The molecule has 0 spiro atoms. The molecule has 0 aromatic rings. The van der Waals surface area contributed by atoms with E-state index in [-0.39, 0.29) is 17.9 Å². The highest BCUT2D eigenvalue weighted by Crippen LogP contribution is 2.50. The fourth-order valence-corrected chi connectivity index (χ4v) is 4.53. The highest BCUT2D eigenvalue weighted by atomic mass is 16.3. The molecule has 0 aliphatic heterocycles. The number of aliphatic hydroxyl groups is 2. The van der Waals surface area contributed by atoms with Crippen LogP contribution in [0.4, 0.5) is 0 Å². The molecule has 0 aromatic carbocycles. The van der Waals surface area contributed by atoms with Crippen LogP contribution in [0.3, 0.4) is 0 Å². The summed E-state index contributed by atoms with van der Waals surface area (Å²) in [6.07, 6.45) is 14.3. The lowest BCUT2D eigenvalue weighted by Crippen LogP contribution is -2.19. The summed E-state index contributed by atoms with van der Waals surface area (Å²) in [4.78, 5) is 0. The van der Waals surface area contributed by atoms with Crippen LogP contribution >= 0.6 is 0 Å². The van der Waals surface area contributed by atoms with Crippen molar-refractivity contribution in [1.82, 2.24) is 0 Å². The summed E-state index contributed by atoms with van der Waals surface area (Å²) in [6.45, 7) is 4.64. The zero-order chi connectivity index (χ0) is 18.9. The van der Waals surface area contributed by atoms with Gasteiger partial charge in [-0.1, -0.05) is 37.1 Å². The van der Waals surface area contributed by atoms with Crippen LogP contribution in [0, 0.1) is 35.5 Å². The molecule has 26 heavy (non-hydrogen) atoms. The summed E-state index contributed by atoms with van der Waals surface area (Å²) >= 11 is 0. The van der Waals surface area contributed by atoms with Crippen molar-refractivity contribution >= 4 is 0 Å². The molecule has 0 unspecified atom stereocenters. The highest BCUT2D eigenvalue weighted by Gasteiger charge is 2.44. The number of allylic oxidation sites excluding steroid dienone is 2. The Kier molecular flexibility index (Phi) is 8.91. The standard InChI is InChI=1S/C23H37NO2/c1-3-4-9-17(2)22(25)12-11-20-21-15-18(10-7-5-6-8-13-24)14-19(21)16-23(20)26/h10-12,17,19-23,25-26H,5-9,13-16,24H2,1-2H3/b12-11+,18-10+/t17-,19-,20+,21-,22+,23+/m0/s1. The van der Waals surface area contributed by atoms with Gasteiger partial charge >= 0.3 is 0 Å². The Labute approximate surface area is 159 Å². The van der Waals surface area contributed by atoms with E-state index in [4.69, 9.17) is 5.73 Å². The van der Waals surface area contributed by atoms with Gasteiger partial charge in [0.1, 0.15) is 0 Å². The van der Waals surface area contributed by atoms with Crippen LogP contribution in [0.2, 0.25) is 0 Å². The molecule has 2 aliphatic rings. The van der Waals surface area contributed by atoms with Crippen molar-refractivity contribution < 1.29 is 10.2 Å². The summed E-state index contributed by atoms with van der Waals surface area (Å²) in [6, 6.07) is 0. The number of hydrogen-bond acceptors (Lipinski definition) is 3. The second kappa shape index (κ2) is 10.9. The molecule has 0 heterocycles. The predicted molar refractivity (Wildman–Crippen MR) is 108 cm³/mol. The third-order valence-electron chi connectivity index (χ3n) is 6.17. The van der Waals surface area contributed by atoms with Crippen molar-refractivity contribution in [2.24, 2.45) is 29.4 Å². The molecule has 3 nitrogen and oxygen atoms in total. The van der Waals surface area contributed by atoms with Gasteiger partial charge in [0.2, 0.25) is 0 Å². The average molecular weight is 360 g/mol. The van der Waals surface area contributed by atoms with E-state index >= 15 is 0 Å². The maximum absolute atomic E-state index is 10.5. The number of aliphatic hydroxyl groups excluding tert-OH is 2. The molecule has 0 saturated heterocycles. The van der Waals surface area contributed by atoms with E-state index in [0.29, 0.717) is 18.3 Å². The number of hydrogen-bond donors (Lipinski definition) is 3. The summed E-state index contributed by atoms with van der Waals surface area (Å²) in [7, 11) is 0. The van der Waals surface area contributed by atoms with Gasteiger partial charge in [0, 0.05) is 12.3 Å². The van der Waals surface area contributed by atoms with Gasteiger partial charge in [-0.05, 0) is 69.7 Å². The quantitative estimate of drug-likeness (QED) is 0.333. The topological polar surface area (TPSA) is 66.5 Å². The molecule has 0 radical (unpaired) electrons. The van der Waals surface area contributed by atoms with Crippen LogP contribution in [0.5, 0.6) is 0 Å². The van der Waals surface area contributed by atoms with Gasteiger partial charge in [-0.25, -0.2) is 0 Å². The minimum atomic E-state index is -0.485. The molecule has 6 atom stereocenters. The third kappa shape index (κ3) is 5.98. The van der Waals surface area contributed by atoms with Crippen LogP contribution in [0.25, 0.3) is 0 Å². The lowest BCUT2D eigenvalue weighted by atomic mass is 9.89. The molecule has 0 amide bonds. The highest BCUT2D eigenvalue weighted by molar-refractivity contribution is 5.18. The van der Waals surface area contributed by atoms with Crippen molar-refractivity contribution in [3.63, 3.8) is 0 Å². The normalized spacial score (nSPS) is 31.8. The van der Waals surface area contributed by atoms with Crippen molar-refractivity contribution in [2.75, 3.05) is 6.54 Å². The van der Waals surface area contributed by atoms with Crippen LogP contribution in [-0.2, 0) is 0 Å². The molecule has 0 bridgehead atoms. The van der Waals surface area contributed by atoms with E-state index in [1.807, 2.05) is 19.9 Å². The van der Waals surface area contributed by atoms with Crippen LogP contribution in [0.1, 0.15) is 65.2 Å². The van der Waals surface area contributed by atoms with Crippen molar-refractivity contribution in [2.45, 2.75) is 77.4 Å². The predicted octanol–water partition coefficient (Wildman–Crippen LogP) is 3.81. The van der Waals surface area contributed by atoms with Gasteiger partial charge in [0.15, 0.2) is 0 Å². The van der Waals surface area contributed by atoms with E-state index in [2.05, 4.69) is 24.0 Å². The molecule has 2 fully saturated rings. The van der Waals surface area contributed by atoms with E-state index < -0.39 is 6.10 Å². The first-order chi connectivity index (χ1) is 12.6. The summed E-state index contributed by atoms with van der Waals surface area (Å²) in [5, 5.41) is 20.8. The first-order valence-electron chi connectivity index (χ1n) is 10.4. The fraction of sp³-hybridized carbons (Fsp3) is 0.739. The number of fused-ring (bicyclic) bond motifs is 1. The summed E-state index contributed by atoms with van der Waals surface area (Å²) < 4.78 is 0. The third-order valence-corrected chi connectivity index (χ3v) is 6.17. The largest absolute Gasteiger partial charge is 0.392 e. The molecule has 2 rings (SSSR count). The van der Waals surface area contributed by atoms with Gasteiger partial charge in [0.05, 0.1) is 12.2 Å². The van der Waals surface area contributed by atoms with E-state index in [9.17, 15) is 10.2 Å². The fourth-order valence-electron chi connectivity index (χ4n) is 4.53. The lowest BCUT2D eigenvalue weighted by molar-refractivity contribution is 0.137. The maximum Gasteiger partial charge on any atom is 0.0755 e. The molecule has 0 aromatic heterocycles. The average Bonchev–Trinajstić information content (AvgIpc) is 3.13. The first-order valence-corrected chi connectivity index (χ1v) is 10.4. The Bertz CT molecular complexity index is 542. The zero-order valence-corrected chi connectivity index (χ0v) is 16.5. The van der Waals surface area contributed by atoms with E-state index in [0.717, 1.165) is 38.6 Å². The summed E-state index contributed by atoms with van der Waals surface area (Å²) in [5.41, 5.74) is 7.12. The number of nitrogens with two attached hydrogens (primary N) is 1. The van der Waals surface area contributed by atoms with Gasteiger partial charge in [-0.15, -0.1) is 11.8 Å². The zero-order valence-electron chi connectivity index (χ0n) is 16.5. The molecule has 146 valence electrons. The molecule has 4 N–H and O–H groups in total.